The Labute approximate surface area is 144 Å². The van der Waals surface area contributed by atoms with Crippen molar-refractivity contribution >= 4 is 6.03 Å². The third kappa shape index (κ3) is 5.71. The molecule has 1 fully saturated rings. The molecule has 0 radical (unpaired) electrons. The molecule has 1 aromatic carbocycles. The summed E-state index contributed by atoms with van der Waals surface area (Å²) >= 11 is 0. The van der Waals surface area contributed by atoms with Crippen molar-refractivity contribution in [2.75, 3.05) is 13.2 Å². The second kappa shape index (κ2) is 8.38. The van der Waals surface area contributed by atoms with Crippen LogP contribution in [0.1, 0.15) is 52.0 Å². The minimum absolute atomic E-state index is 0.127. The Morgan fingerprint density at radius 2 is 1.88 bits per heavy atom. The molecule has 134 valence electrons. The van der Waals surface area contributed by atoms with Crippen LogP contribution in [0.3, 0.4) is 0 Å². The lowest BCUT2D eigenvalue weighted by atomic mass is 9.87. The zero-order valence-corrected chi connectivity index (χ0v) is 15.0. The highest BCUT2D eigenvalue weighted by Gasteiger charge is 2.24. The van der Waals surface area contributed by atoms with E-state index in [1.165, 1.54) is 5.56 Å². The van der Waals surface area contributed by atoms with E-state index in [2.05, 4.69) is 43.5 Å². The third-order valence-corrected chi connectivity index (χ3v) is 4.42. The molecule has 2 unspecified atom stereocenters. The minimum atomic E-state index is -0.429. The van der Waals surface area contributed by atoms with Crippen molar-refractivity contribution in [2.45, 2.75) is 64.0 Å². The maximum atomic E-state index is 11.8. The van der Waals surface area contributed by atoms with Crippen molar-refractivity contribution in [3.05, 3.63) is 29.8 Å². The number of carbonyl (C=O) groups excluding carboxylic acids is 1. The van der Waals surface area contributed by atoms with Gasteiger partial charge < -0.3 is 20.5 Å². The molecule has 0 bridgehead atoms. The molecular weight excluding hydrogens is 304 g/mol. The Hall–Kier alpha value is -1.75. The van der Waals surface area contributed by atoms with E-state index in [-0.39, 0.29) is 17.5 Å². The van der Waals surface area contributed by atoms with Gasteiger partial charge in [0.25, 0.3) is 0 Å². The summed E-state index contributed by atoms with van der Waals surface area (Å²) in [6.07, 6.45) is 3.25. The summed E-state index contributed by atoms with van der Waals surface area (Å²) in [5.74, 6) is 0.799. The average Bonchev–Trinajstić information content (AvgIpc) is 2.53. The Bertz CT molecular complexity index is 522. The second-order valence-corrected chi connectivity index (χ2v) is 7.48. The van der Waals surface area contributed by atoms with Gasteiger partial charge in [0.05, 0.1) is 18.7 Å². The minimum Gasteiger partial charge on any atom is -0.492 e. The van der Waals surface area contributed by atoms with Gasteiger partial charge in [-0.3, -0.25) is 0 Å². The monoisotopic (exact) mass is 334 g/mol. The van der Waals surface area contributed by atoms with E-state index in [1.54, 1.807) is 0 Å². The first-order valence-electron chi connectivity index (χ1n) is 8.82. The van der Waals surface area contributed by atoms with Gasteiger partial charge in [-0.15, -0.1) is 0 Å². The summed E-state index contributed by atoms with van der Waals surface area (Å²) < 4.78 is 5.64. The van der Waals surface area contributed by atoms with Crippen LogP contribution in [0.15, 0.2) is 24.3 Å². The van der Waals surface area contributed by atoms with Gasteiger partial charge in [0, 0.05) is 0 Å². The van der Waals surface area contributed by atoms with Gasteiger partial charge in [-0.25, -0.2) is 4.79 Å². The van der Waals surface area contributed by atoms with Crippen LogP contribution >= 0.6 is 0 Å². The second-order valence-electron chi connectivity index (χ2n) is 7.48. The van der Waals surface area contributed by atoms with Crippen LogP contribution in [0, 0.1) is 0 Å². The molecule has 2 amide bonds. The highest BCUT2D eigenvalue weighted by atomic mass is 16.5. The number of rotatable bonds is 5. The number of carbonyl (C=O) groups is 1. The number of hydrogen-bond donors (Lipinski definition) is 3. The van der Waals surface area contributed by atoms with Crippen molar-refractivity contribution in [1.82, 2.24) is 10.6 Å². The smallest absolute Gasteiger partial charge is 0.315 e. The molecule has 1 aliphatic carbocycles. The molecule has 5 heteroatoms. The lowest BCUT2D eigenvalue weighted by molar-refractivity contribution is 0.0942. The highest BCUT2D eigenvalue weighted by Crippen LogP contribution is 2.24. The number of aliphatic hydroxyl groups is 1. The van der Waals surface area contributed by atoms with E-state index in [0.29, 0.717) is 13.2 Å². The molecule has 0 heterocycles. The molecule has 2 atom stereocenters. The Morgan fingerprint density at radius 1 is 1.21 bits per heavy atom. The topological polar surface area (TPSA) is 70.6 Å². The normalized spacial score (nSPS) is 21.2. The van der Waals surface area contributed by atoms with Crippen LogP contribution in [-0.2, 0) is 5.41 Å². The SMILES string of the molecule is CC(C)(C)c1ccc(OCCNC(=O)NC2CCCCC2O)cc1. The van der Waals surface area contributed by atoms with E-state index < -0.39 is 6.10 Å². The summed E-state index contributed by atoms with van der Waals surface area (Å²) in [6, 6.07) is 7.68. The van der Waals surface area contributed by atoms with Crippen LogP contribution in [0.2, 0.25) is 0 Å². The fraction of sp³-hybridized carbons (Fsp3) is 0.632. The standard InChI is InChI=1S/C19H30N2O3/c1-19(2,3)14-8-10-15(11-9-14)24-13-12-20-18(23)21-16-6-4-5-7-17(16)22/h8-11,16-17,22H,4-7,12-13H2,1-3H3,(H2,20,21,23). The molecule has 24 heavy (non-hydrogen) atoms. The van der Waals surface area contributed by atoms with Crippen molar-refractivity contribution in [3.63, 3.8) is 0 Å². The average molecular weight is 334 g/mol. The maximum absolute atomic E-state index is 11.8. The first-order chi connectivity index (χ1) is 11.4. The largest absolute Gasteiger partial charge is 0.492 e. The van der Waals surface area contributed by atoms with Crippen LogP contribution in [-0.4, -0.2) is 36.4 Å². The van der Waals surface area contributed by atoms with E-state index in [1.807, 2.05) is 12.1 Å². The number of ether oxygens (including phenoxy) is 1. The molecule has 0 aliphatic heterocycles. The van der Waals surface area contributed by atoms with Crippen LogP contribution < -0.4 is 15.4 Å². The predicted molar refractivity (Wildman–Crippen MR) is 95.4 cm³/mol. The van der Waals surface area contributed by atoms with Gasteiger partial charge in [-0.2, -0.15) is 0 Å². The zero-order chi connectivity index (χ0) is 17.6. The number of nitrogens with one attached hydrogen (secondary N) is 2. The van der Waals surface area contributed by atoms with Crippen LogP contribution in [0.5, 0.6) is 5.75 Å². The highest BCUT2D eigenvalue weighted by molar-refractivity contribution is 5.74. The summed E-state index contributed by atoms with van der Waals surface area (Å²) in [6.45, 7) is 7.36. The quantitative estimate of drug-likeness (QED) is 0.725. The maximum Gasteiger partial charge on any atom is 0.315 e. The molecule has 0 spiro atoms. The number of hydrogen-bond acceptors (Lipinski definition) is 3. The third-order valence-electron chi connectivity index (χ3n) is 4.42. The van der Waals surface area contributed by atoms with Gasteiger partial charge in [0.1, 0.15) is 12.4 Å². The van der Waals surface area contributed by atoms with Crippen molar-refractivity contribution < 1.29 is 14.6 Å². The van der Waals surface area contributed by atoms with E-state index >= 15 is 0 Å². The summed E-state index contributed by atoms with van der Waals surface area (Å²) in [7, 11) is 0. The molecular formula is C19H30N2O3. The van der Waals surface area contributed by atoms with Crippen molar-refractivity contribution in [3.8, 4) is 5.75 Å². The first kappa shape index (κ1) is 18.6. The van der Waals surface area contributed by atoms with E-state index in [0.717, 1.165) is 31.4 Å². The van der Waals surface area contributed by atoms with Crippen LogP contribution in [0.25, 0.3) is 0 Å². The lowest BCUT2D eigenvalue weighted by Crippen LogP contribution is -2.49. The van der Waals surface area contributed by atoms with Gasteiger partial charge in [-0.05, 0) is 36.0 Å². The number of amides is 2. The van der Waals surface area contributed by atoms with Gasteiger partial charge in [0.15, 0.2) is 0 Å². The van der Waals surface area contributed by atoms with Gasteiger partial charge in [0.2, 0.25) is 0 Å². The van der Waals surface area contributed by atoms with E-state index in [9.17, 15) is 9.90 Å². The molecule has 1 saturated carbocycles. The Morgan fingerprint density at radius 3 is 2.50 bits per heavy atom. The van der Waals surface area contributed by atoms with Gasteiger partial charge >= 0.3 is 6.03 Å². The summed E-state index contributed by atoms with van der Waals surface area (Å²) in [5, 5.41) is 15.5. The summed E-state index contributed by atoms with van der Waals surface area (Å²) in [5.41, 5.74) is 1.39. The fourth-order valence-corrected chi connectivity index (χ4v) is 2.88. The lowest BCUT2D eigenvalue weighted by Gasteiger charge is -2.28. The molecule has 1 aliphatic rings. The predicted octanol–water partition coefficient (Wildman–Crippen LogP) is 2.97. The Kier molecular flexibility index (Phi) is 6.49. The molecule has 3 N–H and O–H groups in total. The molecule has 5 nitrogen and oxygen atoms in total. The zero-order valence-electron chi connectivity index (χ0n) is 15.0. The number of benzene rings is 1. The van der Waals surface area contributed by atoms with Crippen molar-refractivity contribution in [1.29, 1.82) is 0 Å². The molecule has 1 aromatic rings. The first-order valence-corrected chi connectivity index (χ1v) is 8.82. The summed E-state index contributed by atoms with van der Waals surface area (Å²) in [4.78, 5) is 11.8. The van der Waals surface area contributed by atoms with E-state index in [4.69, 9.17) is 4.74 Å². The fourth-order valence-electron chi connectivity index (χ4n) is 2.88. The molecule has 2 rings (SSSR count). The molecule has 0 aromatic heterocycles. The number of aliphatic hydroxyl groups excluding tert-OH is 1. The van der Waals surface area contributed by atoms with Crippen LogP contribution in [0.4, 0.5) is 4.79 Å². The number of urea groups is 1. The Balaban J connectivity index is 1.66. The molecule has 0 saturated heterocycles. The van der Waals surface area contributed by atoms with Gasteiger partial charge in [-0.1, -0.05) is 45.7 Å². The van der Waals surface area contributed by atoms with Crippen molar-refractivity contribution in [2.24, 2.45) is 0 Å².